The van der Waals surface area contributed by atoms with E-state index in [1.165, 1.54) is 11.8 Å². The lowest BCUT2D eigenvalue weighted by molar-refractivity contribution is -0.122. The number of rotatable bonds is 7. The van der Waals surface area contributed by atoms with Gasteiger partial charge in [-0.1, -0.05) is 43.9 Å². The van der Waals surface area contributed by atoms with Gasteiger partial charge < -0.3 is 4.90 Å². The molecule has 1 aromatic rings. The van der Waals surface area contributed by atoms with Gasteiger partial charge in [-0.05, 0) is 43.6 Å². The maximum Gasteiger partial charge on any atom is 0.266 e. The first-order valence-electron chi connectivity index (χ1n) is 7.17. The van der Waals surface area contributed by atoms with Crippen LogP contribution in [0.4, 0.5) is 0 Å². The Balaban J connectivity index is 1.93. The van der Waals surface area contributed by atoms with Gasteiger partial charge in [0.25, 0.3) is 5.91 Å². The summed E-state index contributed by atoms with van der Waals surface area (Å²) in [4.78, 5) is 18.3. The van der Waals surface area contributed by atoms with Crippen molar-refractivity contribution >= 4 is 51.6 Å². The molecule has 0 aromatic carbocycles. The lowest BCUT2D eigenvalue weighted by atomic mass is 10.3. The second-order valence-electron chi connectivity index (χ2n) is 4.73. The Hall–Kier alpha value is -0.690. The Labute approximate surface area is 140 Å². The molecule has 0 atom stereocenters. The minimum atomic E-state index is 0.0537. The van der Waals surface area contributed by atoms with E-state index in [1.807, 2.05) is 23.6 Å². The highest BCUT2D eigenvalue weighted by atomic mass is 32.2. The molecule has 2 rings (SSSR count). The van der Waals surface area contributed by atoms with Crippen molar-refractivity contribution in [3.05, 3.63) is 27.3 Å². The summed E-state index contributed by atoms with van der Waals surface area (Å²) in [6.07, 6.45) is 2.90. The van der Waals surface area contributed by atoms with Crippen LogP contribution in [-0.2, 0) is 4.79 Å². The SMILES string of the molecule is CCN(CC)CCCN1C(=O)/C(=C/c2cccs2)SC1=S. The summed E-state index contributed by atoms with van der Waals surface area (Å²) in [7, 11) is 0. The minimum Gasteiger partial charge on any atom is -0.304 e. The van der Waals surface area contributed by atoms with E-state index in [0.717, 1.165) is 35.8 Å². The highest BCUT2D eigenvalue weighted by Crippen LogP contribution is 2.33. The van der Waals surface area contributed by atoms with Crippen LogP contribution in [0.3, 0.4) is 0 Å². The average Bonchev–Trinajstić information content (AvgIpc) is 3.07. The molecule has 114 valence electrons. The molecule has 1 saturated heterocycles. The summed E-state index contributed by atoms with van der Waals surface area (Å²) in [6.45, 7) is 8.14. The quantitative estimate of drug-likeness (QED) is 0.558. The van der Waals surface area contributed by atoms with Crippen molar-refractivity contribution in [3.8, 4) is 0 Å². The smallest absolute Gasteiger partial charge is 0.266 e. The van der Waals surface area contributed by atoms with Crippen molar-refractivity contribution in [2.24, 2.45) is 0 Å². The van der Waals surface area contributed by atoms with Gasteiger partial charge in [-0.25, -0.2) is 0 Å². The van der Waals surface area contributed by atoms with Crippen LogP contribution in [-0.4, -0.2) is 46.2 Å². The van der Waals surface area contributed by atoms with E-state index in [9.17, 15) is 4.79 Å². The molecule has 3 nitrogen and oxygen atoms in total. The van der Waals surface area contributed by atoms with Crippen molar-refractivity contribution in [1.29, 1.82) is 0 Å². The van der Waals surface area contributed by atoms with Crippen LogP contribution >= 0.6 is 35.3 Å². The summed E-state index contributed by atoms with van der Waals surface area (Å²) < 4.78 is 0.683. The van der Waals surface area contributed by atoms with Crippen LogP contribution in [0.15, 0.2) is 22.4 Å². The first kappa shape index (κ1) is 16.7. The lowest BCUT2D eigenvalue weighted by Crippen LogP contribution is -2.32. The third-order valence-corrected chi connectivity index (χ3v) is 5.64. The van der Waals surface area contributed by atoms with Crippen molar-refractivity contribution in [1.82, 2.24) is 9.80 Å². The fourth-order valence-corrected chi connectivity index (χ4v) is 4.22. The molecule has 0 radical (unpaired) electrons. The number of hydrogen-bond donors (Lipinski definition) is 0. The fraction of sp³-hybridized carbons (Fsp3) is 0.467. The highest BCUT2D eigenvalue weighted by Gasteiger charge is 2.31. The van der Waals surface area contributed by atoms with E-state index >= 15 is 0 Å². The summed E-state index contributed by atoms with van der Waals surface area (Å²) in [5.74, 6) is 0.0537. The Kier molecular flexibility index (Phi) is 6.41. The topological polar surface area (TPSA) is 23.6 Å². The predicted octanol–water partition coefficient (Wildman–Crippen LogP) is 3.68. The maximum atomic E-state index is 12.4. The van der Waals surface area contributed by atoms with Gasteiger partial charge in [-0.3, -0.25) is 9.69 Å². The van der Waals surface area contributed by atoms with E-state index in [0.29, 0.717) is 10.9 Å². The van der Waals surface area contributed by atoms with E-state index < -0.39 is 0 Å². The highest BCUT2D eigenvalue weighted by molar-refractivity contribution is 8.26. The number of carbonyl (C=O) groups excluding carboxylic acids is 1. The molecule has 0 unspecified atom stereocenters. The molecule has 0 N–H and O–H groups in total. The molecule has 0 bridgehead atoms. The van der Waals surface area contributed by atoms with Gasteiger partial charge >= 0.3 is 0 Å². The van der Waals surface area contributed by atoms with Gasteiger partial charge in [0.2, 0.25) is 0 Å². The number of carbonyl (C=O) groups is 1. The molecular formula is C15H20N2OS3. The van der Waals surface area contributed by atoms with Crippen LogP contribution in [0.25, 0.3) is 6.08 Å². The lowest BCUT2D eigenvalue weighted by Gasteiger charge is -2.20. The number of hydrogen-bond acceptors (Lipinski definition) is 5. The van der Waals surface area contributed by atoms with Crippen LogP contribution in [0.5, 0.6) is 0 Å². The molecule has 0 aliphatic carbocycles. The van der Waals surface area contributed by atoms with E-state index in [-0.39, 0.29) is 5.91 Å². The minimum absolute atomic E-state index is 0.0537. The maximum absolute atomic E-state index is 12.4. The molecule has 0 saturated carbocycles. The molecule has 1 aromatic heterocycles. The van der Waals surface area contributed by atoms with E-state index in [1.54, 1.807) is 16.2 Å². The van der Waals surface area contributed by atoms with Gasteiger partial charge in [0.1, 0.15) is 4.32 Å². The monoisotopic (exact) mass is 340 g/mol. The third kappa shape index (κ3) is 4.39. The zero-order chi connectivity index (χ0) is 15.2. The Bertz CT molecular complexity index is 521. The van der Waals surface area contributed by atoms with Gasteiger partial charge in [-0.15, -0.1) is 11.3 Å². The Morgan fingerprint density at radius 2 is 2.14 bits per heavy atom. The van der Waals surface area contributed by atoms with Gasteiger partial charge in [0.15, 0.2) is 0 Å². The predicted molar refractivity (Wildman–Crippen MR) is 96.6 cm³/mol. The number of thioether (sulfide) groups is 1. The van der Waals surface area contributed by atoms with E-state index in [4.69, 9.17) is 12.2 Å². The zero-order valence-electron chi connectivity index (χ0n) is 12.4. The summed E-state index contributed by atoms with van der Waals surface area (Å²) in [6, 6.07) is 4.00. The van der Waals surface area contributed by atoms with Gasteiger partial charge in [0.05, 0.1) is 4.91 Å². The van der Waals surface area contributed by atoms with Crippen molar-refractivity contribution in [2.75, 3.05) is 26.2 Å². The standard InChI is InChI=1S/C15H20N2OS3/c1-3-16(4-2)8-6-9-17-14(18)13(21-15(17)19)11-12-7-5-10-20-12/h5,7,10-11H,3-4,6,8-9H2,1-2H3/b13-11-. The third-order valence-electron chi connectivity index (χ3n) is 3.44. The number of nitrogens with zero attached hydrogens (tertiary/aromatic N) is 2. The summed E-state index contributed by atoms with van der Waals surface area (Å²) >= 11 is 8.39. The van der Waals surface area contributed by atoms with Crippen LogP contribution < -0.4 is 0 Å². The molecule has 1 aliphatic heterocycles. The number of thiophene rings is 1. The molecule has 1 fully saturated rings. The molecule has 1 aliphatic rings. The zero-order valence-corrected chi connectivity index (χ0v) is 14.8. The van der Waals surface area contributed by atoms with Crippen LogP contribution in [0.2, 0.25) is 0 Å². The number of amides is 1. The second kappa shape index (κ2) is 8.08. The number of thiocarbonyl (C=S) groups is 1. The van der Waals surface area contributed by atoms with Crippen molar-refractivity contribution < 1.29 is 4.79 Å². The Morgan fingerprint density at radius 3 is 2.76 bits per heavy atom. The first-order valence-corrected chi connectivity index (χ1v) is 9.27. The molecule has 6 heteroatoms. The molecular weight excluding hydrogens is 320 g/mol. The largest absolute Gasteiger partial charge is 0.304 e. The first-order chi connectivity index (χ1) is 10.2. The molecule has 0 spiro atoms. The second-order valence-corrected chi connectivity index (χ2v) is 7.38. The van der Waals surface area contributed by atoms with Crippen molar-refractivity contribution in [3.63, 3.8) is 0 Å². The fourth-order valence-electron chi connectivity index (χ4n) is 2.19. The van der Waals surface area contributed by atoms with E-state index in [2.05, 4.69) is 18.7 Å². The van der Waals surface area contributed by atoms with Crippen LogP contribution in [0.1, 0.15) is 25.1 Å². The molecule has 1 amide bonds. The van der Waals surface area contributed by atoms with Crippen molar-refractivity contribution in [2.45, 2.75) is 20.3 Å². The summed E-state index contributed by atoms with van der Waals surface area (Å²) in [5.41, 5.74) is 0. The van der Waals surface area contributed by atoms with Gasteiger partial charge in [0, 0.05) is 11.4 Å². The van der Waals surface area contributed by atoms with Crippen LogP contribution in [0, 0.1) is 0 Å². The Morgan fingerprint density at radius 1 is 1.38 bits per heavy atom. The average molecular weight is 341 g/mol. The normalized spacial score (nSPS) is 17.5. The summed E-state index contributed by atoms with van der Waals surface area (Å²) in [5, 5.41) is 2.01. The molecule has 21 heavy (non-hydrogen) atoms. The molecule has 2 heterocycles. The van der Waals surface area contributed by atoms with Gasteiger partial charge in [-0.2, -0.15) is 0 Å².